The zero-order valence-electron chi connectivity index (χ0n) is 20.8. The van der Waals surface area contributed by atoms with Crippen molar-refractivity contribution in [3.8, 4) is 0 Å². The van der Waals surface area contributed by atoms with Gasteiger partial charge in [-0.1, -0.05) is 12.1 Å². The molecule has 206 valence electrons. The van der Waals surface area contributed by atoms with Crippen LogP contribution in [0.15, 0.2) is 73.6 Å². The van der Waals surface area contributed by atoms with E-state index in [-0.39, 0.29) is 15.5 Å². The number of hydrazone groups is 1. The molecule has 0 bridgehead atoms. The average molecular weight is 1220 g/mol. The molecule has 0 saturated heterocycles. The monoisotopic (exact) mass is 1220 g/mol. The van der Waals surface area contributed by atoms with E-state index in [1.165, 1.54) is 15.4 Å². The SMILES string of the molecule is Cc1ccc(C(I)(I)I)cc1C[N+]1(C)C(=O)/C(=N\N(I)C(=S)N(I)C2=CC=CI(C)C=C2)c2cc(F)ccc21. The van der Waals surface area contributed by atoms with Crippen molar-refractivity contribution >= 4 is 168 Å². The Morgan fingerprint density at radius 1 is 1.15 bits per heavy atom. The van der Waals surface area contributed by atoms with Gasteiger partial charge < -0.3 is 0 Å². The number of benzene rings is 2. The Labute approximate surface area is 309 Å². The summed E-state index contributed by atoms with van der Waals surface area (Å²) < 4.78 is 22.2. The predicted molar refractivity (Wildman–Crippen MR) is 215 cm³/mol. The summed E-state index contributed by atoms with van der Waals surface area (Å²) in [6.45, 7) is 2.48. The van der Waals surface area contributed by atoms with E-state index < -0.39 is 25.6 Å². The number of allylic oxidation sites excluding steroid dienone is 3. The van der Waals surface area contributed by atoms with Crippen LogP contribution in [0.4, 0.5) is 10.1 Å². The number of thiocarbonyl (C=S) groups is 1. The number of likely N-dealkylation sites (N-methyl/N-ethyl adjacent to an activating group) is 1. The van der Waals surface area contributed by atoms with Crippen molar-refractivity contribution in [3.63, 3.8) is 0 Å². The Morgan fingerprint density at radius 2 is 1.87 bits per heavy atom. The molecule has 0 aliphatic carbocycles. The van der Waals surface area contributed by atoms with Gasteiger partial charge in [-0.2, -0.15) is 0 Å². The van der Waals surface area contributed by atoms with Crippen molar-refractivity contribution in [1.82, 2.24) is 10.8 Å². The Hall–Kier alpha value is 0.960. The van der Waals surface area contributed by atoms with E-state index in [9.17, 15) is 9.18 Å². The van der Waals surface area contributed by atoms with E-state index in [0.717, 1.165) is 28.1 Å². The van der Waals surface area contributed by atoms with Gasteiger partial charge in [-0.05, 0) is 91.9 Å². The van der Waals surface area contributed by atoms with Crippen molar-refractivity contribution in [2.24, 2.45) is 5.10 Å². The van der Waals surface area contributed by atoms with Crippen molar-refractivity contribution in [3.05, 3.63) is 96.6 Å². The van der Waals surface area contributed by atoms with E-state index in [1.54, 1.807) is 6.07 Å². The van der Waals surface area contributed by atoms with Crippen molar-refractivity contribution in [2.75, 3.05) is 12.0 Å². The molecule has 0 fully saturated rings. The van der Waals surface area contributed by atoms with Crippen LogP contribution in [0.25, 0.3) is 0 Å². The fourth-order valence-corrected chi connectivity index (χ4v) is 8.72. The minimum absolute atomic E-state index is 0.0392. The molecule has 1 unspecified atom stereocenters. The van der Waals surface area contributed by atoms with Gasteiger partial charge in [0.05, 0.1) is 0 Å². The standard InChI is InChI=1S/C26H22FI6N4OS/c1-16-6-7-18(26(28,29)30)13-17(16)15-37(3)22-9-8-19(27)14-21(22)23(24(37)38)34-36(32)25(39)35(31)20-5-4-11-33(2)12-10-20/h4-14H,15H2,1-3H3/q+1/b34-23-. The molecule has 4 rings (SSSR count). The first-order chi connectivity index (χ1) is 18.2. The summed E-state index contributed by atoms with van der Waals surface area (Å²) in [4.78, 5) is 16.4. The number of carbonyl (C=O) groups is 1. The summed E-state index contributed by atoms with van der Waals surface area (Å²) in [6, 6.07) is 10.9. The molecule has 2 aliphatic heterocycles. The minimum atomic E-state index is -1.20. The number of rotatable bonds is 5. The number of nitrogens with zero attached hydrogens (tertiary/aromatic N) is 4. The summed E-state index contributed by atoms with van der Waals surface area (Å²) in [7, 11) is 1.87. The molecular weight excluding hydrogens is 1200 g/mol. The van der Waals surface area contributed by atoms with Crippen LogP contribution in [0.2, 0.25) is 0 Å². The maximum atomic E-state index is 14.5. The fraction of sp³-hybridized carbons (Fsp3) is 0.192. The van der Waals surface area contributed by atoms with Gasteiger partial charge in [-0.3, -0.25) is 0 Å². The van der Waals surface area contributed by atoms with Gasteiger partial charge in [-0.25, -0.2) is 0 Å². The number of carbonyl (C=O) groups excluding carboxylic acids is 1. The normalized spacial score (nSPS) is 20.6. The van der Waals surface area contributed by atoms with Crippen LogP contribution < -0.4 is 4.48 Å². The summed E-state index contributed by atoms with van der Waals surface area (Å²) in [5.74, 6) is -0.616. The molecule has 39 heavy (non-hydrogen) atoms. The maximum absolute atomic E-state index is 14.5. The number of aryl methyl sites for hydroxylation is 1. The third-order valence-electron chi connectivity index (χ3n) is 6.27. The first kappa shape index (κ1) is 32.9. The number of fused-ring (bicyclic) bond motifs is 1. The van der Waals surface area contributed by atoms with Crippen molar-refractivity contribution in [1.29, 1.82) is 0 Å². The molecule has 1 atom stereocenters. The second kappa shape index (κ2) is 13.3. The quantitative estimate of drug-likeness (QED) is 0.0747. The second-order valence-electron chi connectivity index (χ2n) is 8.99. The van der Waals surface area contributed by atoms with Gasteiger partial charge in [0.25, 0.3) is 0 Å². The van der Waals surface area contributed by atoms with Gasteiger partial charge in [0.15, 0.2) is 0 Å². The molecule has 1 amide bonds. The molecule has 0 spiro atoms. The first-order valence-corrected chi connectivity index (χ1v) is 21.5. The van der Waals surface area contributed by atoms with Gasteiger partial charge in [0, 0.05) is 0 Å². The Balaban J connectivity index is 1.71. The molecule has 2 aromatic rings. The molecule has 2 aliphatic rings. The number of hydrogen-bond donors (Lipinski definition) is 0. The molecule has 2 heterocycles. The van der Waals surface area contributed by atoms with Crippen LogP contribution >= 0.6 is 146 Å². The van der Waals surface area contributed by atoms with E-state index in [2.05, 4.69) is 146 Å². The van der Waals surface area contributed by atoms with Crippen LogP contribution in [-0.2, 0) is 10.8 Å². The average Bonchev–Trinajstić information content (AvgIpc) is 3.00. The fourth-order valence-electron chi connectivity index (χ4n) is 4.15. The van der Waals surface area contributed by atoms with Crippen LogP contribution in [0.1, 0.15) is 22.3 Å². The van der Waals surface area contributed by atoms with Crippen LogP contribution in [0.5, 0.6) is 0 Å². The Kier molecular flexibility index (Phi) is 11.2. The zero-order chi connectivity index (χ0) is 28.7. The van der Waals surface area contributed by atoms with Gasteiger partial charge in [0.2, 0.25) is 0 Å². The topological polar surface area (TPSA) is 35.9 Å². The summed E-state index contributed by atoms with van der Waals surface area (Å²) >= 11 is 15.9. The van der Waals surface area contributed by atoms with E-state index >= 15 is 0 Å². The third-order valence-corrected chi connectivity index (χ3v) is 13.9. The van der Waals surface area contributed by atoms with Gasteiger partial charge >= 0.3 is 211 Å². The molecule has 5 nitrogen and oxygen atoms in total. The van der Waals surface area contributed by atoms with Crippen LogP contribution in [-0.4, -0.2) is 35.0 Å². The van der Waals surface area contributed by atoms with E-state index in [4.69, 9.17) is 12.2 Å². The zero-order valence-corrected chi connectivity index (χ0v) is 34.6. The molecule has 2 aromatic carbocycles. The predicted octanol–water partition coefficient (Wildman–Crippen LogP) is 9.58. The number of amides is 1. The Morgan fingerprint density at radius 3 is 2.56 bits per heavy atom. The number of halogens is 7. The molecular formula is C26H22FI6N4OS+. The number of hydrogen-bond acceptors (Lipinski definition) is 3. The summed E-state index contributed by atoms with van der Waals surface area (Å²) in [6.07, 6.45) is 6.15. The molecule has 0 N–H and O–H groups in total. The molecule has 0 saturated carbocycles. The van der Waals surface area contributed by atoms with Crippen molar-refractivity contribution < 1.29 is 9.18 Å². The van der Waals surface area contributed by atoms with Crippen LogP contribution in [0.3, 0.4) is 0 Å². The van der Waals surface area contributed by atoms with Crippen molar-refractivity contribution in [2.45, 2.75) is 12.9 Å². The second-order valence-corrected chi connectivity index (χ2v) is 26.9. The van der Waals surface area contributed by atoms with Gasteiger partial charge in [-0.15, -0.1) is 0 Å². The Bertz CT molecular complexity index is 1470. The number of alkyl halides is 4. The third kappa shape index (κ3) is 7.37. The van der Waals surface area contributed by atoms with E-state index in [0.29, 0.717) is 17.2 Å². The molecule has 0 radical (unpaired) electrons. The molecule has 0 aromatic heterocycles. The molecule has 13 heteroatoms. The van der Waals surface area contributed by atoms with Crippen LogP contribution in [0, 0.1) is 12.7 Å². The first-order valence-electron chi connectivity index (χ1n) is 11.3. The summed E-state index contributed by atoms with van der Waals surface area (Å²) in [5, 5.41) is 5.07. The summed E-state index contributed by atoms with van der Waals surface area (Å²) in [5.41, 5.74) is 5.66. The van der Waals surface area contributed by atoms with E-state index in [1.807, 2.05) is 39.1 Å². The number of quaternary nitrogens is 1. The van der Waals surface area contributed by atoms with Gasteiger partial charge in [0.1, 0.15) is -0.565 Å².